The maximum absolute atomic E-state index is 13.5. The minimum atomic E-state index is -3.96. The number of piperazine rings is 1. The number of rotatable bonds is 16. The van der Waals surface area contributed by atoms with Crippen molar-refractivity contribution in [2.75, 3.05) is 62.5 Å². The zero-order valence-corrected chi connectivity index (χ0v) is 35.4. The van der Waals surface area contributed by atoms with Crippen molar-refractivity contribution in [1.82, 2.24) is 20.0 Å². The van der Waals surface area contributed by atoms with Crippen molar-refractivity contribution in [2.24, 2.45) is 0 Å². The summed E-state index contributed by atoms with van der Waals surface area (Å²) in [6.07, 6.45) is 1.83. The number of hydrogen-bond donors (Lipinski definition) is 4. The molecule has 8 rings (SSSR count). The third-order valence-electron chi connectivity index (χ3n) is 11.9. The lowest BCUT2D eigenvalue weighted by Gasteiger charge is -2.34. The second-order valence-corrected chi connectivity index (χ2v) is 17.6. The molecule has 5 aromatic rings. The number of anilines is 2. The molecule has 14 nitrogen and oxygen atoms in total. The van der Waals surface area contributed by atoms with E-state index < -0.39 is 39.7 Å². The fraction of sp³-hybridized carbons (Fsp3) is 0.319. The number of amides is 4. The third-order valence-corrected chi connectivity index (χ3v) is 13.3. The highest BCUT2D eigenvalue weighted by molar-refractivity contribution is 7.92. The predicted octanol–water partition coefficient (Wildman–Crippen LogP) is 5.40. The monoisotopic (exact) mass is 858 g/mol. The number of fused-ring (bicyclic) bond motifs is 2. The van der Waals surface area contributed by atoms with Gasteiger partial charge in [-0.25, -0.2) is 8.42 Å². The summed E-state index contributed by atoms with van der Waals surface area (Å²) in [6.45, 7) is 8.26. The molecule has 0 bridgehead atoms. The van der Waals surface area contributed by atoms with Crippen LogP contribution in [0.5, 0.6) is 5.75 Å². The molecular formula is C47H50N6O8S. The first-order chi connectivity index (χ1) is 30.0. The Kier molecular flexibility index (Phi) is 12.7. The van der Waals surface area contributed by atoms with Gasteiger partial charge in [0.05, 0.1) is 34.9 Å². The Labute approximate surface area is 360 Å². The third kappa shape index (κ3) is 9.07. The van der Waals surface area contributed by atoms with Crippen LogP contribution in [0.1, 0.15) is 57.5 Å². The van der Waals surface area contributed by atoms with Crippen molar-refractivity contribution >= 4 is 55.8 Å². The van der Waals surface area contributed by atoms with Crippen molar-refractivity contribution in [2.45, 2.75) is 50.2 Å². The molecule has 5 aromatic carbocycles. The first kappa shape index (κ1) is 42.6. The Bertz CT molecular complexity index is 2630. The van der Waals surface area contributed by atoms with Gasteiger partial charge < -0.3 is 25.0 Å². The van der Waals surface area contributed by atoms with Gasteiger partial charge >= 0.3 is 0 Å². The van der Waals surface area contributed by atoms with Crippen molar-refractivity contribution in [3.8, 4) is 16.9 Å². The van der Waals surface area contributed by atoms with E-state index in [1.54, 1.807) is 42.5 Å². The van der Waals surface area contributed by atoms with Gasteiger partial charge in [0.15, 0.2) is 0 Å². The molecule has 3 heterocycles. The summed E-state index contributed by atoms with van der Waals surface area (Å²) in [4.78, 5) is 56.4. The zero-order chi connectivity index (χ0) is 43.4. The van der Waals surface area contributed by atoms with Gasteiger partial charge in [0.1, 0.15) is 11.8 Å². The summed E-state index contributed by atoms with van der Waals surface area (Å²) in [6, 6.07) is 28.0. The molecule has 15 heteroatoms. The van der Waals surface area contributed by atoms with E-state index in [0.29, 0.717) is 35.8 Å². The molecule has 0 spiro atoms. The van der Waals surface area contributed by atoms with Gasteiger partial charge in [-0.3, -0.25) is 34.1 Å². The van der Waals surface area contributed by atoms with Gasteiger partial charge in [-0.15, -0.1) is 0 Å². The average molecular weight is 859 g/mol. The molecule has 0 radical (unpaired) electrons. The highest BCUT2D eigenvalue weighted by Crippen LogP contribution is 2.35. The van der Waals surface area contributed by atoms with Gasteiger partial charge in [0.25, 0.3) is 21.8 Å². The Morgan fingerprint density at radius 3 is 2.23 bits per heavy atom. The normalized spacial score (nSPS) is 17.3. The van der Waals surface area contributed by atoms with Crippen molar-refractivity contribution in [3.05, 3.63) is 119 Å². The first-order valence-electron chi connectivity index (χ1n) is 21.0. The van der Waals surface area contributed by atoms with Crippen LogP contribution in [0.4, 0.5) is 11.4 Å². The number of carbonyl (C=O) groups excluding carboxylic acids is 4. The number of benzene rings is 5. The Morgan fingerprint density at radius 2 is 1.50 bits per heavy atom. The van der Waals surface area contributed by atoms with E-state index in [9.17, 15) is 32.7 Å². The SMILES string of the molecule is Cc1ccc(-c2ccc(CO)c(NS(=O)(=O)c3ccc(OCCCN4CCN(CCCNc5cccc6c5C(=O)N(C5CCC(=O)NC5=O)C6=O)CC4)cc3)c2)c2ccccc12. The van der Waals surface area contributed by atoms with Crippen LogP contribution in [0, 0.1) is 6.92 Å². The summed E-state index contributed by atoms with van der Waals surface area (Å²) in [5.74, 6) is -1.50. The fourth-order valence-corrected chi connectivity index (χ4v) is 9.59. The first-order valence-corrected chi connectivity index (χ1v) is 22.5. The molecule has 2 saturated heterocycles. The maximum Gasteiger partial charge on any atom is 0.264 e. The summed E-state index contributed by atoms with van der Waals surface area (Å²) in [5, 5.41) is 17.8. The van der Waals surface area contributed by atoms with Gasteiger partial charge in [-0.1, -0.05) is 54.6 Å². The maximum atomic E-state index is 13.5. The number of nitrogens with one attached hydrogen (secondary N) is 3. The highest BCUT2D eigenvalue weighted by atomic mass is 32.2. The van der Waals surface area contributed by atoms with Gasteiger partial charge in [0, 0.05) is 56.9 Å². The number of sulfonamides is 1. The van der Waals surface area contributed by atoms with Crippen LogP contribution in [0.25, 0.3) is 21.9 Å². The fourth-order valence-electron chi connectivity index (χ4n) is 8.50. The van der Waals surface area contributed by atoms with E-state index in [2.05, 4.69) is 50.3 Å². The summed E-state index contributed by atoms with van der Waals surface area (Å²) >= 11 is 0. The van der Waals surface area contributed by atoms with Crippen LogP contribution in [0.2, 0.25) is 0 Å². The van der Waals surface area contributed by atoms with Gasteiger partial charge in [-0.2, -0.15) is 0 Å². The molecule has 4 amide bonds. The van der Waals surface area contributed by atoms with Crippen LogP contribution >= 0.6 is 0 Å². The lowest BCUT2D eigenvalue weighted by atomic mass is 9.94. The molecule has 4 N–H and O–H groups in total. The second-order valence-electron chi connectivity index (χ2n) is 15.9. The molecule has 0 aromatic heterocycles. The Hall–Kier alpha value is -6.13. The summed E-state index contributed by atoms with van der Waals surface area (Å²) in [5.41, 5.74) is 4.83. The quantitative estimate of drug-likeness (QED) is 0.0739. The minimum absolute atomic E-state index is 0.0733. The topological polar surface area (TPSA) is 178 Å². The Balaban J connectivity index is 0.759. The number of aliphatic hydroxyl groups is 1. The van der Waals surface area contributed by atoms with Crippen LogP contribution in [-0.2, 0) is 26.2 Å². The van der Waals surface area contributed by atoms with Gasteiger partial charge in [0.2, 0.25) is 11.8 Å². The number of aryl methyl sites for hydroxylation is 1. The molecule has 62 heavy (non-hydrogen) atoms. The number of nitrogens with zero attached hydrogens (tertiary/aromatic N) is 3. The average Bonchev–Trinajstić information content (AvgIpc) is 3.53. The molecule has 0 saturated carbocycles. The van der Waals surface area contributed by atoms with E-state index in [0.717, 1.165) is 84.5 Å². The second kappa shape index (κ2) is 18.5. The lowest BCUT2D eigenvalue weighted by molar-refractivity contribution is -0.136. The molecule has 1 unspecified atom stereocenters. The minimum Gasteiger partial charge on any atom is -0.494 e. The predicted molar refractivity (Wildman–Crippen MR) is 237 cm³/mol. The van der Waals surface area contributed by atoms with Crippen molar-refractivity contribution < 1.29 is 37.4 Å². The van der Waals surface area contributed by atoms with Crippen LogP contribution in [-0.4, -0.2) is 110 Å². The molecule has 3 aliphatic heterocycles. The molecule has 2 fully saturated rings. The number of carbonyl (C=O) groups is 4. The largest absolute Gasteiger partial charge is 0.494 e. The molecule has 322 valence electrons. The number of imide groups is 2. The van der Waals surface area contributed by atoms with Crippen LogP contribution < -0.4 is 20.1 Å². The van der Waals surface area contributed by atoms with Crippen molar-refractivity contribution in [3.63, 3.8) is 0 Å². The molecule has 1 atom stereocenters. The smallest absolute Gasteiger partial charge is 0.264 e. The molecule has 3 aliphatic rings. The number of hydrogen-bond acceptors (Lipinski definition) is 11. The van der Waals surface area contributed by atoms with Crippen LogP contribution in [0.15, 0.2) is 102 Å². The van der Waals surface area contributed by atoms with Gasteiger partial charge in [-0.05, 0) is 103 Å². The highest BCUT2D eigenvalue weighted by Gasteiger charge is 2.45. The number of ether oxygens (including phenoxy) is 1. The molecule has 0 aliphatic carbocycles. The van der Waals surface area contributed by atoms with E-state index in [1.165, 1.54) is 12.1 Å². The van der Waals surface area contributed by atoms with Crippen LogP contribution in [0.3, 0.4) is 0 Å². The molecular weight excluding hydrogens is 809 g/mol. The Morgan fingerprint density at radius 1 is 0.774 bits per heavy atom. The number of piperidine rings is 1. The van der Waals surface area contributed by atoms with E-state index >= 15 is 0 Å². The summed E-state index contributed by atoms with van der Waals surface area (Å²) < 4.78 is 35.7. The van der Waals surface area contributed by atoms with Crippen molar-refractivity contribution in [1.29, 1.82) is 0 Å². The van der Waals surface area contributed by atoms with E-state index in [1.807, 2.05) is 24.3 Å². The number of aliphatic hydroxyl groups excluding tert-OH is 1. The lowest BCUT2D eigenvalue weighted by Crippen LogP contribution is -2.54. The van der Waals surface area contributed by atoms with E-state index in [4.69, 9.17) is 4.74 Å². The summed E-state index contributed by atoms with van der Waals surface area (Å²) in [7, 11) is -3.96. The standard InChI is InChI=1S/C47H50N6O8S/c1-31-11-18-37(38-8-3-2-7-36(31)38)32-12-13-33(30-54)41(29-32)50-62(59,60)35-16-14-34(15-17-35)61-28-6-23-52-26-24-51(25-27-52)22-5-21-48-40-10-4-9-39-44(40)47(58)53(46(39)57)42-19-20-43(55)49-45(42)56/h2-4,7-18,29,42,48,50,54H,5-6,19-28,30H2,1H3,(H,49,55,56). The zero-order valence-electron chi connectivity index (χ0n) is 34.6. The van der Waals surface area contributed by atoms with E-state index in [-0.39, 0.29) is 35.5 Å².